The van der Waals surface area contributed by atoms with E-state index in [0.29, 0.717) is 23.9 Å². The fraction of sp³-hybridized carbons (Fsp3) is 0.873. The number of unbranched alkanes of at least 4 members (excludes halogenated alkanes) is 44. The number of likely N-dealkylation sites (N-methyl/N-ethyl adjacent to an activating group) is 1. The third-order valence-corrected chi connectivity index (χ3v) is 17.1. The minimum Gasteiger partial charge on any atom is -0.391 e. The topological polar surface area (TPSA) is 105 Å². The van der Waals surface area contributed by atoms with E-state index in [0.717, 1.165) is 64.2 Å². The van der Waals surface area contributed by atoms with Gasteiger partial charge in [-0.3, -0.25) is 13.8 Å². The summed E-state index contributed by atoms with van der Waals surface area (Å²) in [4.78, 5) is 23.5. The molecule has 3 N–H and O–H groups in total. The smallest absolute Gasteiger partial charge is 0.391 e. The van der Waals surface area contributed by atoms with Gasteiger partial charge in [0.15, 0.2) is 0 Å². The van der Waals surface area contributed by atoms with Crippen LogP contribution in [0.15, 0.2) is 48.6 Å². The third kappa shape index (κ3) is 64.0. The molecule has 1 amide bonds. The van der Waals surface area contributed by atoms with Crippen molar-refractivity contribution in [1.82, 2.24) is 5.32 Å². The van der Waals surface area contributed by atoms with Gasteiger partial charge in [0.05, 0.1) is 39.9 Å². The molecule has 0 spiro atoms. The number of aliphatic hydroxyl groups excluding tert-OH is 1. The quantitative estimate of drug-likeness (QED) is 0.0243. The molecule has 0 aliphatic rings. The van der Waals surface area contributed by atoms with Crippen LogP contribution in [0.2, 0.25) is 0 Å². The molecule has 0 aliphatic carbocycles. The summed E-state index contributed by atoms with van der Waals surface area (Å²) in [7, 11) is 1.63. The summed E-state index contributed by atoms with van der Waals surface area (Å²) in [5, 5.41) is 14.2. The van der Waals surface area contributed by atoms with E-state index in [2.05, 4.69) is 67.8 Å². The lowest BCUT2D eigenvalue weighted by molar-refractivity contribution is -0.870. The van der Waals surface area contributed by atoms with Gasteiger partial charge in [-0.25, -0.2) is 4.57 Å². The van der Waals surface area contributed by atoms with Crippen molar-refractivity contribution in [3.8, 4) is 0 Å². The summed E-state index contributed by atoms with van der Waals surface area (Å²) >= 11 is 0. The number of phosphoric ester groups is 1. The number of allylic oxidation sites excluding steroid dienone is 8. The monoisotopic (exact) mass is 1150 g/mol. The summed E-state index contributed by atoms with van der Waals surface area (Å²) in [6.45, 7) is 4.83. The first kappa shape index (κ1) is 78.5. The maximum atomic E-state index is 13.1. The van der Waals surface area contributed by atoms with Gasteiger partial charge in [0.25, 0.3) is 0 Å². The van der Waals surface area contributed by atoms with E-state index in [1.807, 2.05) is 21.1 Å². The molecule has 0 saturated carbocycles. The molecule has 3 atom stereocenters. The SMILES string of the molecule is CC/C=C\C/C=C\C/C=C\C/C=C\CCCCCCCCCCCCCCCCC(=O)NC(COP(=O)(O)OCC[N+](C)(C)C)C(O)CCCCCCCCCCCCCCCCCCCCCCCCCCCCCCCCC. The number of aliphatic hydroxyl groups is 1. The van der Waals surface area contributed by atoms with Gasteiger partial charge in [0.2, 0.25) is 5.91 Å². The predicted octanol–water partition coefficient (Wildman–Crippen LogP) is 22.2. The number of hydrogen-bond acceptors (Lipinski definition) is 5. The maximum Gasteiger partial charge on any atom is 0.472 e. The van der Waals surface area contributed by atoms with Crippen molar-refractivity contribution >= 4 is 13.7 Å². The van der Waals surface area contributed by atoms with Crippen LogP contribution in [0, 0.1) is 0 Å². The molecule has 0 heterocycles. The van der Waals surface area contributed by atoms with Gasteiger partial charge in [0.1, 0.15) is 13.2 Å². The normalized spacial score (nSPS) is 13.9. The Labute approximate surface area is 499 Å². The Morgan fingerprint density at radius 3 is 1.10 bits per heavy atom. The molecule has 8 nitrogen and oxygen atoms in total. The highest BCUT2D eigenvalue weighted by molar-refractivity contribution is 7.47. The summed E-state index contributed by atoms with van der Waals surface area (Å²) in [5.41, 5.74) is 0. The van der Waals surface area contributed by atoms with E-state index < -0.39 is 20.0 Å². The summed E-state index contributed by atoms with van der Waals surface area (Å²) in [6.07, 6.45) is 83.6. The fourth-order valence-corrected chi connectivity index (χ4v) is 11.4. The van der Waals surface area contributed by atoms with E-state index in [1.54, 1.807) is 0 Å². The average molecular weight is 1150 g/mol. The Hall–Kier alpha value is -1.54. The van der Waals surface area contributed by atoms with Gasteiger partial charge in [-0.05, 0) is 51.4 Å². The van der Waals surface area contributed by atoms with Gasteiger partial charge >= 0.3 is 7.82 Å². The van der Waals surface area contributed by atoms with Crippen molar-refractivity contribution in [2.45, 2.75) is 360 Å². The van der Waals surface area contributed by atoms with E-state index in [4.69, 9.17) is 9.05 Å². The minimum absolute atomic E-state index is 0.0749. The summed E-state index contributed by atoms with van der Waals surface area (Å²) in [5.74, 6) is -0.141. The molecule has 0 aromatic heterocycles. The van der Waals surface area contributed by atoms with Crippen LogP contribution in [-0.4, -0.2) is 73.4 Å². The Kier molecular flexibility index (Phi) is 60.8. The molecule has 80 heavy (non-hydrogen) atoms. The molecule has 472 valence electrons. The van der Waals surface area contributed by atoms with E-state index in [9.17, 15) is 19.4 Å². The van der Waals surface area contributed by atoms with Crippen molar-refractivity contribution < 1.29 is 32.9 Å². The lowest BCUT2D eigenvalue weighted by Gasteiger charge is -2.26. The molecule has 0 radical (unpaired) electrons. The number of carbonyl (C=O) groups is 1. The standard InChI is InChI=1S/C71H137N2O6P/c1-6-8-10-12-14-16-18-20-22-24-26-28-30-32-34-35-36-37-39-40-42-44-46-48-50-52-54-56-58-60-62-64-70(74)69(68-79-80(76,77)78-67-66-73(3,4)5)72-71(75)65-63-61-59-57-55-53-51-49-47-45-43-41-38-33-31-29-27-25-23-21-19-17-15-13-11-9-7-2/h9,11,15,17,21,23,27,29,69-70,74H,6-8,10,12-14,16,18-20,22,24-26,28,30-68H2,1-5H3,(H-,72,75,76,77)/p+1/b11-9-,17-15-,23-21-,29-27-. The van der Waals surface area contributed by atoms with Crippen LogP contribution < -0.4 is 5.32 Å². The lowest BCUT2D eigenvalue weighted by atomic mass is 10.0. The molecule has 0 fully saturated rings. The number of nitrogens with one attached hydrogen (secondary N) is 1. The van der Waals surface area contributed by atoms with Crippen LogP contribution in [-0.2, 0) is 18.4 Å². The Morgan fingerprint density at radius 2 is 0.750 bits per heavy atom. The van der Waals surface area contributed by atoms with Crippen LogP contribution >= 0.6 is 7.82 Å². The van der Waals surface area contributed by atoms with Crippen molar-refractivity contribution in [3.05, 3.63) is 48.6 Å². The van der Waals surface area contributed by atoms with Crippen molar-refractivity contribution in [3.63, 3.8) is 0 Å². The first-order chi connectivity index (χ1) is 39.0. The number of quaternary nitrogens is 1. The molecular weight excluding hydrogens is 1010 g/mol. The molecule has 0 aliphatic heterocycles. The number of rotatable bonds is 65. The number of carbonyl (C=O) groups excluding carboxylic acids is 1. The van der Waals surface area contributed by atoms with E-state index >= 15 is 0 Å². The van der Waals surface area contributed by atoms with Gasteiger partial charge in [-0.1, -0.05) is 339 Å². The van der Waals surface area contributed by atoms with Crippen molar-refractivity contribution in [2.75, 3.05) is 40.9 Å². The second-order valence-electron chi connectivity index (χ2n) is 25.2. The molecule has 3 unspecified atom stereocenters. The van der Waals surface area contributed by atoms with Gasteiger partial charge in [0, 0.05) is 6.42 Å². The fourth-order valence-electron chi connectivity index (χ4n) is 10.7. The Morgan fingerprint density at radius 1 is 0.438 bits per heavy atom. The van der Waals surface area contributed by atoms with E-state index in [1.165, 1.54) is 257 Å². The summed E-state index contributed by atoms with van der Waals surface area (Å²) < 4.78 is 23.9. The Bertz CT molecular complexity index is 1440. The Balaban J connectivity index is 4.01. The predicted molar refractivity (Wildman–Crippen MR) is 351 cm³/mol. The highest BCUT2D eigenvalue weighted by Crippen LogP contribution is 2.43. The zero-order valence-electron chi connectivity index (χ0n) is 54.1. The van der Waals surface area contributed by atoms with Gasteiger partial charge in [-0.15, -0.1) is 0 Å². The molecule has 0 rings (SSSR count). The van der Waals surface area contributed by atoms with Crippen LogP contribution in [0.25, 0.3) is 0 Å². The minimum atomic E-state index is -4.33. The van der Waals surface area contributed by atoms with Gasteiger partial charge < -0.3 is 19.8 Å². The summed E-state index contributed by atoms with van der Waals surface area (Å²) in [6, 6.07) is -0.764. The molecule has 0 aromatic rings. The maximum absolute atomic E-state index is 13.1. The molecule has 0 aromatic carbocycles. The third-order valence-electron chi connectivity index (χ3n) is 16.1. The largest absolute Gasteiger partial charge is 0.472 e. The second-order valence-corrected chi connectivity index (χ2v) is 26.7. The van der Waals surface area contributed by atoms with E-state index in [-0.39, 0.29) is 19.1 Å². The van der Waals surface area contributed by atoms with Crippen LogP contribution in [0.4, 0.5) is 0 Å². The highest BCUT2D eigenvalue weighted by Gasteiger charge is 2.28. The number of amides is 1. The lowest BCUT2D eigenvalue weighted by Crippen LogP contribution is -2.46. The zero-order chi connectivity index (χ0) is 58.4. The highest BCUT2D eigenvalue weighted by atomic mass is 31.2. The average Bonchev–Trinajstić information content (AvgIpc) is 3.42. The number of hydrogen-bond donors (Lipinski definition) is 3. The second kappa shape index (κ2) is 62.0. The van der Waals surface area contributed by atoms with Crippen molar-refractivity contribution in [1.29, 1.82) is 0 Å². The van der Waals surface area contributed by atoms with Gasteiger partial charge in [-0.2, -0.15) is 0 Å². The molecule has 0 saturated heterocycles. The first-order valence-electron chi connectivity index (χ1n) is 35.0. The number of phosphoric acid groups is 1. The molecular formula is C71H138N2O6P+. The first-order valence-corrected chi connectivity index (χ1v) is 36.5. The zero-order valence-corrected chi connectivity index (χ0v) is 55.0. The molecule has 0 bridgehead atoms. The van der Waals surface area contributed by atoms with Crippen LogP contribution in [0.3, 0.4) is 0 Å². The van der Waals surface area contributed by atoms with Crippen molar-refractivity contribution in [2.24, 2.45) is 0 Å². The van der Waals surface area contributed by atoms with Crippen LogP contribution in [0.1, 0.15) is 348 Å². The van der Waals surface area contributed by atoms with Crippen LogP contribution in [0.5, 0.6) is 0 Å². The molecule has 9 heteroatoms. The number of nitrogens with zero attached hydrogens (tertiary/aromatic N) is 1.